The highest BCUT2D eigenvalue weighted by Gasteiger charge is 2.04. The second-order valence-corrected chi connectivity index (χ2v) is 2.81. The van der Waals surface area contributed by atoms with Crippen molar-refractivity contribution in [3.05, 3.63) is 34.9 Å². The summed E-state index contributed by atoms with van der Waals surface area (Å²) in [5.74, 6) is 0. The maximum atomic E-state index is 8.66. The third-order valence-electron chi connectivity index (χ3n) is 2.01. The van der Waals surface area contributed by atoms with Gasteiger partial charge in [-0.05, 0) is 29.7 Å². The molecule has 0 atom stereocenters. The van der Waals surface area contributed by atoms with E-state index in [1.807, 2.05) is 24.4 Å². The second kappa shape index (κ2) is 2.78. The molecule has 1 aromatic carbocycles. The molecule has 0 N–H and O–H groups in total. The van der Waals surface area contributed by atoms with Gasteiger partial charge in [-0.1, -0.05) is 6.07 Å². The van der Waals surface area contributed by atoms with Gasteiger partial charge in [-0.3, -0.25) is 4.99 Å². The molecule has 0 bridgehead atoms. The van der Waals surface area contributed by atoms with E-state index in [2.05, 4.69) is 11.1 Å². The average Bonchev–Trinajstić information content (AvgIpc) is 2.17. The van der Waals surface area contributed by atoms with Gasteiger partial charge in [-0.15, -0.1) is 0 Å². The van der Waals surface area contributed by atoms with Crippen LogP contribution in [0.4, 0.5) is 0 Å². The Morgan fingerprint density at radius 2 is 2.33 bits per heavy atom. The van der Waals surface area contributed by atoms with Gasteiger partial charge in [0.05, 0.1) is 11.6 Å². The van der Waals surface area contributed by atoms with Crippen LogP contribution in [0.3, 0.4) is 0 Å². The van der Waals surface area contributed by atoms with Gasteiger partial charge in [0.15, 0.2) is 0 Å². The van der Waals surface area contributed by atoms with Crippen LogP contribution in [0.15, 0.2) is 23.2 Å². The molecule has 2 rings (SSSR count). The lowest BCUT2D eigenvalue weighted by molar-refractivity contribution is 0.951. The smallest absolute Gasteiger partial charge is 0.0991 e. The van der Waals surface area contributed by atoms with E-state index in [9.17, 15) is 0 Å². The Labute approximate surface area is 71.2 Å². The number of hydrogen-bond acceptors (Lipinski definition) is 2. The van der Waals surface area contributed by atoms with Crippen LogP contribution in [-0.4, -0.2) is 12.8 Å². The van der Waals surface area contributed by atoms with Crippen molar-refractivity contribution >= 4 is 6.21 Å². The van der Waals surface area contributed by atoms with E-state index >= 15 is 0 Å². The third kappa shape index (κ3) is 1.10. The van der Waals surface area contributed by atoms with Crippen LogP contribution in [0.1, 0.15) is 16.7 Å². The van der Waals surface area contributed by atoms with Crippen LogP contribution >= 0.6 is 0 Å². The molecule has 0 amide bonds. The summed E-state index contributed by atoms with van der Waals surface area (Å²) in [7, 11) is 0. The first kappa shape index (κ1) is 7.05. The van der Waals surface area contributed by atoms with E-state index in [1.165, 1.54) is 5.56 Å². The summed E-state index contributed by atoms with van der Waals surface area (Å²) >= 11 is 0. The average molecular weight is 156 g/mol. The number of benzene rings is 1. The fraction of sp³-hybridized carbons (Fsp3) is 0.200. The molecule has 1 aromatic rings. The van der Waals surface area contributed by atoms with Gasteiger partial charge >= 0.3 is 0 Å². The van der Waals surface area contributed by atoms with Crippen LogP contribution in [0.5, 0.6) is 0 Å². The van der Waals surface area contributed by atoms with Crippen molar-refractivity contribution in [3.8, 4) is 6.07 Å². The summed E-state index contributed by atoms with van der Waals surface area (Å²) in [4.78, 5) is 4.17. The molecule has 2 nitrogen and oxygen atoms in total. The molecule has 12 heavy (non-hydrogen) atoms. The van der Waals surface area contributed by atoms with Crippen molar-refractivity contribution < 1.29 is 0 Å². The summed E-state index contributed by atoms with van der Waals surface area (Å²) in [6, 6.07) is 7.86. The number of nitrogens with zero attached hydrogens (tertiary/aromatic N) is 2. The van der Waals surface area contributed by atoms with Gasteiger partial charge in [-0.2, -0.15) is 5.26 Å². The van der Waals surface area contributed by atoms with E-state index in [0.717, 1.165) is 24.1 Å². The molecule has 0 fully saturated rings. The first-order chi connectivity index (χ1) is 5.90. The van der Waals surface area contributed by atoms with Gasteiger partial charge in [0.25, 0.3) is 0 Å². The van der Waals surface area contributed by atoms with Crippen molar-refractivity contribution in [3.63, 3.8) is 0 Å². The Morgan fingerprint density at radius 3 is 3.17 bits per heavy atom. The second-order valence-electron chi connectivity index (χ2n) is 2.81. The Hall–Kier alpha value is -1.62. The van der Waals surface area contributed by atoms with Gasteiger partial charge in [0.1, 0.15) is 0 Å². The minimum Gasteiger partial charge on any atom is -0.292 e. The van der Waals surface area contributed by atoms with Crippen molar-refractivity contribution in [2.24, 2.45) is 4.99 Å². The predicted octanol–water partition coefficient (Wildman–Crippen LogP) is 1.53. The molecule has 1 heterocycles. The zero-order valence-electron chi connectivity index (χ0n) is 6.62. The molecule has 0 aliphatic carbocycles. The maximum Gasteiger partial charge on any atom is 0.0991 e. The molecule has 0 saturated heterocycles. The molecule has 0 saturated carbocycles. The maximum absolute atomic E-state index is 8.66. The van der Waals surface area contributed by atoms with Crippen LogP contribution in [0.2, 0.25) is 0 Å². The SMILES string of the molecule is N#Cc1ccc2c(c1)CCN=C2. The minimum absolute atomic E-state index is 0.740. The summed E-state index contributed by atoms with van der Waals surface area (Å²) in [6.07, 6.45) is 2.83. The summed E-state index contributed by atoms with van der Waals surface area (Å²) in [6.45, 7) is 0.849. The van der Waals surface area contributed by atoms with E-state index < -0.39 is 0 Å². The molecule has 0 radical (unpaired) electrons. The predicted molar refractivity (Wildman–Crippen MR) is 47.3 cm³/mol. The number of fused-ring (bicyclic) bond motifs is 1. The molecule has 1 aliphatic heterocycles. The highest BCUT2D eigenvalue weighted by molar-refractivity contribution is 5.83. The lowest BCUT2D eigenvalue weighted by atomic mass is 10.0. The first-order valence-corrected chi connectivity index (χ1v) is 3.93. The van der Waals surface area contributed by atoms with Gasteiger partial charge in [-0.25, -0.2) is 0 Å². The van der Waals surface area contributed by atoms with Crippen LogP contribution < -0.4 is 0 Å². The Morgan fingerprint density at radius 1 is 1.42 bits per heavy atom. The summed E-state index contributed by atoms with van der Waals surface area (Å²) in [5.41, 5.74) is 3.13. The molecular formula is C10H8N2. The van der Waals surface area contributed by atoms with Crippen molar-refractivity contribution in [2.45, 2.75) is 6.42 Å². The third-order valence-corrected chi connectivity index (χ3v) is 2.01. The number of aliphatic imine (C=N–C) groups is 1. The zero-order chi connectivity index (χ0) is 8.39. The standard InChI is InChI=1S/C10H8N2/c11-6-8-1-2-10-7-12-4-3-9(10)5-8/h1-2,5,7H,3-4H2. The highest BCUT2D eigenvalue weighted by Crippen LogP contribution is 2.13. The van der Waals surface area contributed by atoms with Gasteiger partial charge in [0, 0.05) is 12.8 Å². The van der Waals surface area contributed by atoms with Crippen molar-refractivity contribution in [1.29, 1.82) is 5.26 Å². The Balaban J connectivity index is 2.53. The van der Waals surface area contributed by atoms with E-state index in [-0.39, 0.29) is 0 Å². The molecule has 58 valence electrons. The lowest BCUT2D eigenvalue weighted by Gasteiger charge is -2.08. The summed E-state index contributed by atoms with van der Waals surface area (Å²) in [5, 5.41) is 8.66. The van der Waals surface area contributed by atoms with E-state index in [1.54, 1.807) is 0 Å². The molecule has 1 aliphatic rings. The molecule has 0 aromatic heterocycles. The molecule has 0 unspecified atom stereocenters. The fourth-order valence-corrected chi connectivity index (χ4v) is 1.37. The first-order valence-electron chi connectivity index (χ1n) is 3.93. The van der Waals surface area contributed by atoms with Gasteiger partial charge in [0.2, 0.25) is 0 Å². The fourth-order valence-electron chi connectivity index (χ4n) is 1.37. The minimum atomic E-state index is 0.740. The number of hydrogen-bond donors (Lipinski definition) is 0. The topological polar surface area (TPSA) is 36.1 Å². The molecule has 2 heteroatoms. The molecule has 0 spiro atoms. The van der Waals surface area contributed by atoms with E-state index in [0.29, 0.717) is 0 Å². The Bertz CT molecular complexity index is 372. The highest BCUT2D eigenvalue weighted by atomic mass is 14.7. The Kier molecular flexibility index (Phi) is 1.64. The quantitative estimate of drug-likeness (QED) is 0.561. The van der Waals surface area contributed by atoms with Gasteiger partial charge < -0.3 is 0 Å². The number of rotatable bonds is 0. The van der Waals surface area contributed by atoms with Crippen LogP contribution in [0, 0.1) is 11.3 Å². The normalized spacial score (nSPS) is 13.6. The van der Waals surface area contributed by atoms with Crippen LogP contribution in [0.25, 0.3) is 0 Å². The zero-order valence-corrected chi connectivity index (χ0v) is 6.62. The van der Waals surface area contributed by atoms with Crippen LogP contribution in [-0.2, 0) is 6.42 Å². The summed E-state index contributed by atoms with van der Waals surface area (Å²) < 4.78 is 0. The lowest BCUT2D eigenvalue weighted by Crippen LogP contribution is -2.02. The number of nitriles is 1. The van der Waals surface area contributed by atoms with Crippen molar-refractivity contribution in [2.75, 3.05) is 6.54 Å². The molecular weight excluding hydrogens is 148 g/mol. The largest absolute Gasteiger partial charge is 0.292 e. The van der Waals surface area contributed by atoms with E-state index in [4.69, 9.17) is 5.26 Å². The van der Waals surface area contributed by atoms with Crippen molar-refractivity contribution in [1.82, 2.24) is 0 Å². The monoisotopic (exact) mass is 156 g/mol.